The van der Waals surface area contributed by atoms with Crippen molar-refractivity contribution in [3.05, 3.63) is 11.3 Å². The van der Waals surface area contributed by atoms with Gasteiger partial charge in [-0.05, 0) is 85.0 Å². The lowest BCUT2D eigenvalue weighted by atomic mass is 9.83. The van der Waals surface area contributed by atoms with Crippen LogP contribution in [0.2, 0.25) is 0 Å². The van der Waals surface area contributed by atoms with Gasteiger partial charge < -0.3 is 25.4 Å². The SMILES string of the molecule is CCOC(=O)n1nc2c(c1NC(=O)C1(S(C)(C)C)CCC1)CN(C(=O)NC(CC(C)(C)O)C(C)C)C2(C)C. The Kier molecular flexibility index (Phi) is 8.26. The molecule has 1 saturated carbocycles. The molecule has 38 heavy (non-hydrogen) atoms. The molecule has 3 rings (SSSR count). The van der Waals surface area contributed by atoms with Crippen molar-refractivity contribution in [2.75, 3.05) is 30.7 Å². The first-order valence-electron chi connectivity index (χ1n) is 13.4. The molecule has 3 N–H and O–H groups in total. The highest BCUT2D eigenvalue weighted by Crippen LogP contribution is 2.60. The van der Waals surface area contributed by atoms with Crippen LogP contribution in [-0.4, -0.2) is 79.6 Å². The van der Waals surface area contributed by atoms with E-state index in [-0.39, 0.29) is 42.9 Å². The summed E-state index contributed by atoms with van der Waals surface area (Å²) in [6, 6.07) is -0.524. The average molecular weight is 554 g/mol. The number of anilines is 1. The molecule has 0 spiro atoms. The summed E-state index contributed by atoms with van der Waals surface area (Å²) >= 11 is 0. The summed E-state index contributed by atoms with van der Waals surface area (Å²) in [7, 11) is -1.22. The monoisotopic (exact) mass is 553 g/mol. The third kappa shape index (κ3) is 5.54. The molecule has 0 radical (unpaired) electrons. The molecule has 0 aromatic carbocycles. The minimum Gasteiger partial charge on any atom is -0.448 e. The number of carbonyl (C=O) groups is 3. The van der Waals surface area contributed by atoms with E-state index in [0.717, 1.165) is 23.9 Å². The van der Waals surface area contributed by atoms with Gasteiger partial charge in [-0.1, -0.05) is 13.8 Å². The standard InChI is InChI=1S/C27H47N5O5S/c1-11-37-24(35)32-21(29-22(33)27(13-12-14-27)38(8,9)10)18-16-31(26(6,7)20(18)30-32)23(34)28-19(17(2)3)15-25(4,5)36/h17,19,36H,11-16H2,1-10H3,(H,28,34)(H,29,33). The Morgan fingerprint density at radius 2 is 1.79 bits per heavy atom. The molecule has 2 heterocycles. The average Bonchev–Trinajstić information content (AvgIpc) is 3.19. The van der Waals surface area contributed by atoms with E-state index in [0.29, 0.717) is 17.7 Å². The fraction of sp³-hybridized carbons (Fsp3) is 0.778. The van der Waals surface area contributed by atoms with E-state index in [1.165, 1.54) is 0 Å². The molecule has 216 valence electrons. The van der Waals surface area contributed by atoms with Crippen LogP contribution in [-0.2, 0) is 21.6 Å². The van der Waals surface area contributed by atoms with Crippen LogP contribution in [0.15, 0.2) is 0 Å². The molecular formula is C27H47N5O5S. The first kappa shape index (κ1) is 30.3. The number of fused-ring (bicyclic) bond motifs is 1. The lowest BCUT2D eigenvalue weighted by molar-refractivity contribution is -0.120. The van der Waals surface area contributed by atoms with E-state index >= 15 is 0 Å². The van der Waals surface area contributed by atoms with Crippen LogP contribution in [0.5, 0.6) is 0 Å². The summed E-state index contributed by atoms with van der Waals surface area (Å²) in [5.41, 5.74) is -0.606. The van der Waals surface area contributed by atoms with E-state index in [4.69, 9.17) is 4.74 Å². The van der Waals surface area contributed by atoms with Gasteiger partial charge in [0, 0.05) is 11.6 Å². The fourth-order valence-electron chi connectivity index (χ4n) is 5.41. The van der Waals surface area contributed by atoms with Gasteiger partial charge in [-0.2, -0.15) is 5.10 Å². The molecule has 1 aromatic rings. The highest BCUT2D eigenvalue weighted by molar-refractivity contribution is 8.33. The number of nitrogens with one attached hydrogen (secondary N) is 2. The molecule has 0 bridgehead atoms. The zero-order valence-electron chi connectivity index (χ0n) is 24.7. The molecule has 1 aliphatic heterocycles. The number of carbonyl (C=O) groups excluding carboxylic acids is 3. The highest BCUT2D eigenvalue weighted by Gasteiger charge is 2.52. The van der Waals surface area contributed by atoms with E-state index in [9.17, 15) is 19.5 Å². The van der Waals surface area contributed by atoms with Gasteiger partial charge in [-0.15, -0.1) is 4.68 Å². The predicted molar refractivity (Wildman–Crippen MR) is 152 cm³/mol. The number of urea groups is 1. The van der Waals surface area contributed by atoms with Crippen molar-refractivity contribution in [3.8, 4) is 0 Å². The Balaban J connectivity index is 1.96. The number of hydrogen-bond donors (Lipinski definition) is 3. The third-order valence-electron chi connectivity index (χ3n) is 8.05. The van der Waals surface area contributed by atoms with Gasteiger partial charge in [0.05, 0.1) is 34.7 Å². The number of nitrogens with zero attached hydrogens (tertiary/aromatic N) is 3. The summed E-state index contributed by atoms with van der Waals surface area (Å²) in [6.07, 6.45) is 8.79. The third-order valence-corrected chi connectivity index (χ3v) is 11.0. The van der Waals surface area contributed by atoms with Crippen LogP contribution in [0, 0.1) is 5.92 Å². The van der Waals surface area contributed by atoms with Gasteiger partial charge in [0.2, 0.25) is 5.91 Å². The summed E-state index contributed by atoms with van der Waals surface area (Å²) in [5.74, 6) is 0.281. The first-order valence-corrected chi connectivity index (χ1v) is 16.3. The van der Waals surface area contributed by atoms with Gasteiger partial charge in [-0.3, -0.25) is 4.79 Å². The maximum absolute atomic E-state index is 13.7. The van der Waals surface area contributed by atoms with Crippen LogP contribution < -0.4 is 10.6 Å². The zero-order chi connectivity index (χ0) is 28.8. The quantitative estimate of drug-likeness (QED) is 0.438. The van der Waals surface area contributed by atoms with Crippen molar-refractivity contribution >= 4 is 33.9 Å². The van der Waals surface area contributed by atoms with Crippen molar-refractivity contribution in [1.29, 1.82) is 0 Å². The minimum atomic E-state index is -1.22. The second-order valence-corrected chi connectivity index (χ2v) is 17.3. The number of aromatic nitrogens is 2. The van der Waals surface area contributed by atoms with Crippen LogP contribution in [0.1, 0.15) is 85.4 Å². The number of rotatable bonds is 8. The second-order valence-electron chi connectivity index (χ2n) is 12.9. The molecule has 1 unspecified atom stereocenters. The van der Waals surface area contributed by atoms with Crippen molar-refractivity contribution in [2.45, 2.75) is 103 Å². The fourth-order valence-corrected chi connectivity index (χ4v) is 7.53. The Labute approximate surface area is 228 Å². The van der Waals surface area contributed by atoms with Crippen LogP contribution in [0.4, 0.5) is 15.4 Å². The lowest BCUT2D eigenvalue weighted by Gasteiger charge is -2.53. The minimum absolute atomic E-state index is 0.106. The Bertz CT molecular complexity index is 1080. The number of amides is 3. The first-order chi connectivity index (χ1) is 17.4. The smallest absolute Gasteiger partial charge is 0.436 e. The molecule has 11 heteroatoms. The molecule has 0 saturated heterocycles. The van der Waals surface area contributed by atoms with Crippen molar-refractivity contribution in [2.24, 2.45) is 5.92 Å². The zero-order valence-corrected chi connectivity index (χ0v) is 25.5. The van der Waals surface area contributed by atoms with Gasteiger partial charge in [0.25, 0.3) is 0 Å². The van der Waals surface area contributed by atoms with Gasteiger partial charge in [0.15, 0.2) is 0 Å². The number of ether oxygens (including phenoxy) is 1. The summed E-state index contributed by atoms with van der Waals surface area (Å²) in [5, 5.41) is 21.1. The van der Waals surface area contributed by atoms with Crippen molar-refractivity contribution < 1.29 is 24.2 Å². The Morgan fingerprint density at radius 3 is 2.24 bits per heavy atom. The van der Waals surface area contributed by atoms with Crippen LogP contribution in [0.25, 0.3) is 0 Å². The Morgan fingerprint density at radius 1 is 1.18 bits per heavy atom. The summed E-state index contributed by atoms with van der Waals surface area (Å²) < 4.78 is 5.92. The summed E-state index contributed by atoms with van der Waals surface area (Å²) in [6.45, 7) is 13.3. The van der Waals surface area contributed by atoms with Gasteiger partial charge in [-0.25, -0.2) is 19.6 Å². The van der Waals surface area contributed by atoms with Crippen LogP contribution in [0.3, 0.4) is 0 Å². The van der Waals surface area contributed by atoms with Gasteiger partial charge in [0.1, 0.15) is 5.82 Å². The molecule has 1 atom stereocenters. The largest absolute Gasteiger partial charge is 0.448 e. The molecule has 2 aliphatic rings. The van der Waals surface area contributed by atoms with Crippen LogP contribution >= 0.6 is 10.0 Å². The second kappa shape index (κ2) is 10.4. The number of hydrogen-bond acceptors (Lipinski definition) is 6. The van der Waals surface area contributed by atoms with E-state index in [1.54, 1.807) is 25.7 Å². The molecule has 1 aliphatic carbocycles. The van der Waals surface area contributed by atoms with E-state index in [2.05, 4.69) is 34.5 Å². The number of aliphatic hydroxyl groups is 1. The topological polar surface area (TPSA) is 126 Å². The highest BCUT2D eigenvalue weighted by atomic mass is 32.3. The maximum Gasteiger partial charge on any atom is 0.436 e. The molecule has 3 amide bonds. The maximum atomic E-state index is 13.7. The molecule has 10 nitrogen and oxygen atoms in total. The van der Waals surface area contributed by atoms with Gasteiger partial charge >= 0.3 is 12.1 Å². The van der Waals surface area contributed by atoms with E-state index < -0.39 is 32.0 Å². The molecule has 1 aromatic heterocycles. The molecule has 1 fully saturated rings. The van der Waals surface area contributed by atoms with Crippen molar-refractivity contribution in [3.63, 3.8) is 0 Å². The lowest BCUT2D eigenvalue weighted by Crippen LogP contribution is -2.52. The van der Waals surface area contributed by atoms with E-state index in [1.807, 2.05) is 27.7 Å². The normalized spacial score (nSPS) is 19.4. The van der Waals surface area contributed by atoms with Crippen molar-refractivity contribution in [1.82, 2.24) is 20.0 Å². The Hall–Kier alpha value is -2.27. The predicted octanol–water partition coefficient (Wildman–Crippen LogP) is 4.39. The molecular weight excluding hydrogens is 506 g/mol. The summed E-state index contributed by atoms with van der Waals surface area (Å²) in [4.78, 5) is 41.8.